The van der Waals surface area contributed by atoms with Gasteiger partial charge in [0.15, 0.2) is 0 Å². The molecule has 0 N–H and O–H groups in total. The molecule has 0 radical (unpaired) electrons. The predicted octanol–water partition coefficient (Wildman–Crippen LogP) is 8.36. The van der Waals surface area contributed by atoms with E-state index < -0.39 is 0 Å². The molecule has 170 valence electrons. The van der Waals surface area contributed by atoms with Crippen LogP contribution in [0.2, 0.25) is 0 Å². The number of rotatable bonds is 22. The maximum absolute atomic E-state index is 11.9. The highest BCUT2D eigenvalue weighted by atomic mass is 35.5. The van der Waals surface area contributed by atoms with Gasteiger partial charge in [-0.1, -0.05) is 103 Å². The Morgan fingerprint density at radius 1 is 0.536 bits per heavy atom. The van der Waals surface area contributed by atoms with Gasteiger partial charge < -0.3 is 4.90 Å². The summed E-state index contributed by atoms with van der Waals surface area (Å²) in [4.78, 5) is 14.1. The van der Waals surface area contributed by atoms with Crippen LogP contribution in [0.15, 0.2) is 0 Å². The van der Waals surface area contributed by atoms with Gasteiger partial charge in [0.25, 0.3) is 0 Å². The second-order valence-electron chi connectivity index (χ2n) is 8.85. The normalized spacial score (nSPS) is 11.0. The fourth-order valence-corrected chi connectivity index (χ4v) is 3.75. The van der Waals surface area contributed by atoms with E-state index in [1.807, 2.05) is 0 Å². The summed E-state index contributed by atoms with van der Waals surface area (Å²) < 4.78 is 0. The van der Waals surface area contributed by atoms with E-state index in [1.54, 1.807) is 0 Å². The average molecular weight is 418 g/mol. The van der Waals surface area contributed by atoms with Gasteiger partial charge >= 0.3 is 0 Å². The van der Waals surface area contributed by atoms with Crippen LogP contribution in [0.1, 0.15) is 135 Å². The molecule has 0 aliphatic carbocycles. The van der Waals surface area contributed by atoms with Crippen LogP contribution in [0.4, 0.5) is 0 Å². The first-order valence-electron chi connectivity index (χ1n) is 12.3. The second-order valence-corrected chi connectivity index (χ2v) is 8.85. The molecular formula is C25H52ClNO. The number of Topliss-reactive ketones (excluding diaryl/α,β-unsaturated/α-hetero) is 1. The van der Waals surface area contributed by atoms with Gasteiger partial charge in [-0.25, -0.2) is 0 Å². The highest BCUT2D eigenvalue weighted by Gasteiger charge is 2.02. The zero-order chi connectivity index (χ0) is 20.0. The van der Waals surface area contributed by atoms with Crippen molar-refractivity contribution in [1.82, 2.24) is 4.90 Å². The van der Waals surface area contributed by atoms with E-state index in [-0.39, 0.29) is 12.4 Å². The zero-order valence-electron chi connectivity index (χ0n) is 19.6. The molecule has 0 aromatic carbocycles. The number of ketones is 1. The van der Waals surface area contributed by atoms with E-state index in [0.29, 0.717) is 5.78 Å². The summed E-state index contributed by atoms with van der Waals surface area (Å²) in [6.45, 7) is 3.43. The Kier molecular flexibility index (Phi) is 26.8. The van der Waals surface area contributed by atoms with E-state index in [2.05, 4.69) is 25.9 Å². The number of unbranched alkanes of at least 4 members (excludes halogenated alkanes) is 16. The maximum atomic E-state index is 11.9. The van der Waals surface area contributed by atoms with Crippen molar-refractivity contribution in [2.24, 2.45) is 0 Å². The number of hydrogen-bond donors (Lipinski definition) is 0. The lowest BCUT2D eigenvalue weighted by atomic mass is 10.0. The van der Waals surface area contributed by atoms with Gasteiger partial charge in [-0.3, -0.25) is 4.79 Å². The number of carbonyl (C=O) groups is 1. The number of halogens is 1. The minimum Gasteiger partial charge on any atom is -0.309 e. The molecule has 0 aromatic rings. The van der Waals surface area contributed by atoms with Crippen LogP contribution >= 0.6 is 12.4 Å². The smallest absolute Gasteiger partial charge is 0.132 e. The Morgan fingerprint density at radius 3 is 1.21 bits per heavy atom. The quantitative estimate of drug-likeness (QED) is 0.165. The molecule has 0 saturated carbocycles. The Bertz CT molecular complexity index is 307. The van der Waals surface area contributed by atoms with Gasteiger partial charge in [-0.05, 0) is 39.9 Å². The van der Waals surface area contributed by atoms with Gasteiger partial charge in [0.2, 0.25) is 0 Å². The second kappa shape index (κ2) is 25.0. The molecule has 0 aromatic heterocycles. The Labute approximate surface area is 184 Å². The minimum absolute atomic E-state index is 0. The van der Waals surface area contributed by atoms with Crippen LogP contribution in [0.25, 0.3) is 0 Å². The number of hydrogen-bond acceptors (Lipinski definition) is 2. The first-order chi connectivity index (χ1) is 13.2. The third kappa shape index (κ3) is 25.9. The van der Waals surface area contributed by atoms with Gasteiger partial charge in [0, 0.05) is 12.8 Å². The Morgan fingerprint density at radius 2 is 0.857 bits per heavy atom. The van der Waals surface area contributed by atoms with Gasteiger partial charge in [-0.15, -0.1) is 12.4 Å². The van der Waals surface area contributed by atoms with Crippen LogP contribution in [-0.2, 0) is 4.79 Å². The topological polar surface area (TPSA) is 20.3 Å². The first kappa shape index (κ1) is 30.1. The van der Waals surface area contributed by atoms with Crippen LogP contribution in [0.5, 0.6) is 0 Å². The van der Waals surface area contributed by atoms with Crippen molar-refractivity contribution in [3.63, 3.8) is 0 Å². The number of nitrogens with zero attached hydrogens (tertiary/aromatic N) is 1. The Balaban J connectivity index is 0. The maximum Gasteiger partial charge on any atom is 0.132 e. The van der Waals surface area contributed by atoms with Crippen LogP contribution in [0, 0.1) is 0 Å². The highest BCUT2D eigenvalue weighted by Crippen LogP contribution is 2.14. The third-order valence-corrected chi connectivity index (χ3v) is 5.62. The molecule has 0 saturated heterocycles. The van der Waals surface area contributed by atoms with E-state index in [4.69, 9.17) is 0 Å². The molecular weight excluding hydrogens is 366 g/mol. The molecule has 0 rings (SSSR count). The summed E-state index contributed by atoms with van der Waals surface area (Å²) in [5.41, 5.74) is 0. The van der Waals surface area contributed by atoms with Crippen LogP contribution in [-0.4, -0.2) is 31.3 Å². The van der Waals surface area contributed by atoms with E-state index in [9.17, 15) is 4.79 Å². The summed E-state index contributed by atoms with van der Waals surface area (Å²) in [7, 11) is 4.23. The third-order valence-electron chi connectivity index (χ3n) is 5.62. The van der Waals surface area contributed by atoms with Crippen LogP contribution < -0.4 is 0 Å². The lowest BCUT2D eigenvalue weighted by molar-refractivity contribution is -0.119. The molecule has 0 heterocycles. The lowest BCUT2D eigenvalue weighted by Gasteiger charge is -2.08. The Hall–Kier alpha value is -0.0800. The van der Waals surface area contributed by atoms with Gasteiger partial charge in [-0.2, -0.15) is 0 Å². The van der Waals surface area contributed by atoms with Crippen molar-refractivity contribution in [3.05, 3.63) is 0 Å². The summed E-state index contributed by atoms with van der Waals surface area (Å²) in [6.07, 6.45) is 25.9. The molecule has 0 spiro atoms. The van der Waals surface area contributed by atoms with Crippen molar-refractivity contribution in [2.75, 3.05) is 20.6 Å². The van der Waals surface area contributed by atoms with Crippen molar-refractivity contribution < 1.29 is 4.79 Å². The van der Waals surface area contributed by atoms with Crippen LogP contribution in [0.3, 0.4) is 0 Å². The molecule has 0 aliphatic rings. The molecule has 0 unspecified atom stereocenters. The largest absolute Gasteiger partial charge is 0.309 e. The van der Waals surface area contributed by atoms with E-state index in [0.717, 1.165) is 32.2 Å². The molecule has 2 nitrogen and oxygen atoms in total. The standard InChI is InChI=1S/C25H51NO.ClH/c1-4-5-6-7-8-9-10-11-12-13-14-15-16-17-19-22-25(27)23-20-18-21-24-26(2)3;/h4-24H2,1-3H3;1H. The molecule has 0 fully saturated rings. The summed E-state index contributed by atoms with van der Waals surface area (Å²) in [6, 6.07) is 0. The average Bonchev–Trinajstić information content (AvgIpc) is 2.64. The zero-order valence-corrected chi connectivity index (χ0v) is 20.4. The van der Waals surface area contributed by atoms with E-state index >= 15 is 0 Å². The summed E-state index contributed by atoms with van der Waals surface area (Å²) in [5.74, 6) is 0.495. The molecule has 0 bridgehead atoms. The van der Waals surface area contributed by atoms with E-state index in [1.165, 1.54) is 103 Å². The lowest BCUT2D eigenvalue weighted by Crippen LogP contribution is -2.12. The molecule has 3 heteroatoms. The fourth-order valence-electron chi connectivity index (χ4n) is 3.75. The van der Waals surface area contributed by atoms with Gasteiger partial charge in [0.05, 0.1) is 0 Å². The predicted molar refractivity (Wildman–Crippen MR) is 129 cm³/mol. The van der Waals surface area contributed by atoms with Crippen molar-refractivity contribution in [2.45, 2.75) is 135 Å². The fraction of sp³-hybridized carbons (Fsp3) is 0.960. The minimum atomic E-state index is 0. The monoisotopic (exact) mass is 417 g/mol. The molecule has 0 atom stereocenters. The van der Waals surface area contributed by atoms with Crippen molar-refractivity contribution in [3.8, 4) is 0 Å². The summed E-state index contributed by atoms with van der Waals surface area (Å²) in [5, 5.41) is 0. The molecule has 0 amide bonds. The SMILES string of the molecule is CCCCCCCCCCCCCCCCCC(=O)CCCCCN(C)C.Cl. The molecule has 28 heavy (non-hydrogen) atoms. The number of carbonyl (C=O) groups excluding carboxylic acids is 1. The molecule has 0 aliphatic heterocycles. The first-order valence-corrected chi connectivity index (χ1v) is 12.3. The summed E-state index contributed by atoms with van der Waals surface area (Å²) >= 11 is 0. The van der Waals surface area contributed by atoms with Crippen molar-refractivity contribution >= 4 is 18.2 Å². The highest BCUT2D eigenvalue weighted by molar-refractivity contribution is 5.85. The van der Waals surface area contributed by atoms with Gasteiger partial charge in [0.1, 0.15) is 5.78 Å². The van der Waals surface area contributed by atoms with Crippen molar-refractivity contribution in [1.29, 1.82) is 0 Å².